The molecule has 26 heavy (non-hydrogen) atoms. The van der Waals surface area contributed by atoms with Crippen LogP contribution in [0.2, 0.25) is 5.02 Å². The van der Waals surface area contributed by atoms with Gasteiger partial charge in [-0.2, -0.15) is 0 Å². The second kappa shape index (κ2) is 8.39. The Kier molecular flexibility index (Phi) is 5.96. The van der Waals surface area contributed by atoms with Gasteiger partial charge in [0.25, 0.3) is 0 Å². The van der Waals surface area contributed by atoms with Crippen LogP contribution in [-0.2, 0) is 6.61 Å². The fourth-order valence-corrected chi connectivity index (χ4v) is 3.08. The van der Waals surface area contributed by atoms with Gasteiger partial charge in [0.1, 0.15) is 23.9 Å². The topological polar surface area (TPSA) is 39.4 Å². The summed E-state index contributed by atoms with van der Waals surface area (Å²) in [7, 11) is 0. The van der Waals surface area contributed by atoms with E-state index >= 15 is 0 Å². The smallest absolute Gasteiger partial charge is 0.185 e. The molecular formula is C21H16BrClO3. The average Bonchev–Trinajstić information content (AvgIpc) is 3.07. The van der Waals surface area contributed by atoms with Gasteiger partial charge in [-0.15, -0.1) is 0 Å². The molecule has 0 aliphatic rings. The Labute approximate surface area is 165 Å². The lowest BCUT2D eigenvalue weighted by atomic mass is 10.1. The van der Waals surface area contributed by atoms with E-state index in [1.165, 1.54) is 6.08 Å². The van der Waals surface area contributed by atoms with Crippen LogP contribution in [0, 0.1) is 6.92 Å². The molecule has 3 aromatic rings. The summed E-state index contributed by atoms with van der Waals surface area (Å²) in [6, 6.07) is 16.5. The number of carbonyl (C=O) groups is 1. The fraction of sp³-hybridized carbons (Fsp3) is 0.0952. The summed E-state index contributed by atoms with van der Waals surface area (Å²) >= 11 is 9.47. The molecule has 0 fully saturated rings. The summed E-state index contributed by atoms with van der Waals surface area (Å²) in [5.74, 6) is 1.75. The monoisotopic (exact) mass is 430 g/mol. The summed E-state index contributed by atoms with van der Waals surface area (Å²) in [5.41, 5.74) is 1.70. The average molecular weight is 432 g/mol. The minimum absolute atomic E-state index is 0.0652. The number of benzene rings is 2. The number of furan rings is 1. The fourth-order valence-electron chi connectivity index (χ4n) is 2.36. The maximum atomic E-state index is 12.2. The van der Waals surface area contributed by atoms with E-state index < -0.39 is 0 Å². The van der Waals surface area contributed by atoms with Crippen molar-refractivity contribution in [3.8, 4) is 5.75 Å². The SMILES string of the molecule is Cc1cccc(C(=O)/C=C/c2ccc(COc3ccc(Br)cc3Cl)o2)c1. The lowest BCUT2D eigenvalue weighted by Gasteiger charge is -2.06. The minimum Gasteiger partial charge on any atom is -0.484 e. The Hall–Kier alpha value is -2.30. The first-order chi connectivity index (χ1) is 12.5. The molecule has 0 radical (unpaired) electrons. The van der Waals surface area contributed by atoms with Gasteiger partial charge in [0.2, 0.25) is 0 Å². The Morgan fingerprint density at radius 3 is 2.81 bits per heavy atom. The molecule has 0 bridgehead atoms. The third-order valence-electron chi connectivity index (χ3n) is 3.65. The molecule has 5 heteroatoms. The predicted molar refractivity (Wildman–Crippen MR) is 107 cm³/mol. The summed E-state index contributed by atoms with van der Waals surface area (Å²) in [5, 5.41) is 0.523. The van der Waals surface area contributed by atoms with Crippen LogP contribution in [0.4, 0.5) is 0 Å². The number of aryl methyl sites for hydroxylation is 1. The number of hydrogen-bond donors (Lipinski definition) is 0. The molecule has 0 saturated carbocycles. The molecule has 0 unspecified atom stereocenters. The van der Waals surface area contributed by atoms with E-state index in [1.54, 1.807) is 30.3 Å². The second-order valence-electron chi connectivity index (χ2n) is 5.73. The van der Waals surface area contributed by atoms with Gasteiger partial charge in [-0.3, -0.25) is 4.79 Å². The molecule has 0 aliphatic carbocycles. The maximum Gasteiger partial charge on any atom is 0.185 e. The number of hydrogen-bond acceptors (Lipinski definition) is 3. The van der Waals surface area contributed by atoms with Gasteiger partial charge in [-0.05, 0) is 55.5 Å². The zero-order chi connectivity index (χ0) is 18.5. The Balaban J connectivity index is 1.61. The molecule has 0 amide bonds. The first-order valence-electron chi connectivity index (χ1n) is 7.97. The van der Waals surface area contributed by atoms with Crippen LogP contribution >= 0.6 is 27.5 Å². The van der Waals surface area contributed by atoms with Crippen LogP contribution in [0.15, 0.2) is 69.6 Å². The van der Waals surface area contributed by atoms with Crippen molar-refractivity contribution in [2.45, 2.75) is 13.5 Å². The third-order valence-corrected chi connectivity index (χ3v) is 4.44. The quantitative estimate of drug-likeness (QED) is 0.331. The number of halogens is 2. The molecular weight excluding hydrogens is 416 g/mol. The number of rotatable bonds is 6. The molecule has 0 saturated heterocycles. The normalized spacial score (nSPS) is 11.0. The highest BCUT2D eigenvalue weighted by molar-refractivity contribution is 9.10. The van der Waals surface area contributed by atoms with Gasteiger partial charge >= 0.3 is 0 Å². The van der Waals surface area contributed by atoms with E-state index in [0.29, 0.717) is 27.9 Å². The lowest BCUT2D eigenvalue weighted by molar-refractivity contribution is 0.104. The summed E-state index contributed by atoms with van der Waals surface area (Å²) in [6.45, 7) is 2.21. The Morgan fingerprint density at radius 1 is 1.19 bits per heavy atom. The van der Waals surface area contributed by atoms with Crippen molar-refractivity contribution in [3.63, 3.8) is 0 Å². The first-order valence-corrected chi connectivity index (χ1v) is 9.14. The summed E-state index contributed by atoms with van der Waals surface area (Å²) in [4.78, 5) is 12.2. The summed E-state index contributed by atoms with van der Waals surface area (Å²) < 4.78 is 12.2. The van der Waals surface area contributed by atoms with Gasteiger partial charge in [-0.1, -0.05) is 51.3 Å². The highest BCUT2D eigenvalue weighted by atomic mass is 79.9. The summed E-state index contributed by atoms with van der Waals surface area (Å²) in [6.07, 6.45) is 3.16. The number of ketones is 1. The van der Waals surface area contributed by atoms with Crippen molar-refractivity contribution < 1.29 is 13.9 Å². The molecule has 0 spiro atoms. The molecule has 2 aromatic carbocycles. The molecule has 1 heterocycles. The van der Waals surface area contributed by atoms with Crippen LogP contribution in [-0.4, -0.2) is 5.78 Å². The molecule has 3 nitrogen and oxygen atoms in total. The van der Waals surface area contributed by atoms with Crippen molar-refractivity contribution in [3.05, 3.63) is 92.8 Å². The molecule has 0 aliphatic heterocycles. The van der Waals surface area contributed by atoms with E-state index in [9.17, 15) is 4.79 Å². The van der Waals surface area contributed by atoms with Gasteiger partial charge in [0.05, 0.1) is 5.02 Å². The number of allylic oxidation sites excluding steroid dienone is 1. The van der Waals surface area contributed by atoms with Gasteiger partial charge < -0.3 is 9.15 Å². The molecule has 3 rings (SSSR count). The number of carbonyl (C=O) groups excluding carboxylic acids is 1. The molecule has 132 valence electrons. The Morgan fingerprint density at radius 2 is 2.04 bits per heavy atom. The van der Waals surface area contributed by atoms with Crippen LogP contribution in [0.5, 0.6) is 5.75 Å². The molecule has 0 N–H and O–H groups in total. The van der Waals surface area contributed by atoms with Gasteiger partial charge in [0, 0.05) is 10.0 Å². The van der Waals surface area contributed by atoms with E-state index in [2.05, 4.69) is 15.9 Å². The van der Waals surface area contributed by atoms with Crippen molar-refractivity contribution in [2.75, 3.05) is 0 Å². The second-order valence-corrected chi connectivity index (χ2v) is 7.06. The van der Waals surface area contributed by atoms with Crippen molar-refractivity contribution in [1.82, 2.24) is 0 Å². The van der Waals surface area contributed by atoms with Crippen LogP contribution < -0.4 is 4.74 Å². The standard InChI is InChI=1S/C21H16BrClO3/c1-14-3-2-4-15(11-14)20(24)9-8-17-6-7-18(26-17)13-25-21-10-5-16(22)12-19(21)23/h2-12H,13H2,1H3/b9-8+. The highest BCUT2D eigenvalue weighted by Crippen LogP contribution is 2.28. The van der Waals surface area contributed by atoms with E-state index in [-0.39, 0.29) is 12.4 Å². The lowest BCUT2D eigenvalue weighted by Crippen LogP contribution is -1.94. The maximum absolute atomic E-state index is 12.2. The predicted octanol–water partition coefficient (Wildman–Crippen LogP) is 6.48. The van der Waals surface area contributed by atoms with E-state index in [1.807, 2.05) is 37.3 Å². The largest absolute Gasteiger partial charge is 0.484 e. The van der Waals surface area contributed by atoms with Gasteiger partial charge in [-0.25, -0.2) is 0 Å². The third kappa shape index (κ3) is 4.87. The van der Waals surface area contributed by atoms with Gasteiger partial charge in [0.15, 0.2) is 5.78 Å². The highest BCUT2D eigenvalue weighted by Gasteiger charge is 2.06. The Bertz CT molecular complexity index is 959. The molecule has 0 atom stereocenters. The first kappa shape index (κ1) is 18.5. The van der Waals surface area contributed by atoms with Crippen molar-refractivity contribution >= 4 is 39.4 Å². The van der Waals surface area contributed by atoms with Crippen LogP contribution in [0.1, 0.15) is 27.4 Å². The zero-order valence-electron chi connectivity index (χ0n) is 14.0. The van der Waals surface area contributed by atoms with E-state index in [0.717, 1.165) is 10.0 Å². The minimum atomic E-state index is -0.0652. The zero-order valence-corrected chi connectivity index (χ0v) is 16.4. The van der Waals surface area contributed by atoms with Crippen molar-refractivity contribution in [2.24, 2.45) is 0 Å². The van der Waals surface area contributed by atoms with Crippen molar-refractivity contribution in [1.29, 1.82) is 0 Å². The molecule has 1 aromatic heterocycles. The number of ether oxygens (including phenoxy) is 1. The van der Waals surface area contributed by atoms with E-state index in [4.69, 9.17) is 20.8 Å². The van der Waals surface area contributed by atoms with Crippen LogP contribution in [0.3, 0.4) is 0 Å². The van der Waals surface area contributed by atoms with Crippen LogP contribution in [0.25, 0.3) is 6.08 Å².